The maximum Gasteiger partial charge on any atom is 0.265 e. The first-order valence-electron chi connectivity index (χ1n) is 8.85. The lowest BCUT2D eigenvalue weighted by Crippen LogP contribution is -2.48. The highest BCUT2D eigenvalue weighted by Gasteiger charge is 2.26. The third-order valence-electron chi connectivity index (χ3n) is 4.70. The van der Waals surface area contributed by atoms with Crippen molar-refractivity contribution in [3.05, 3.63) is 57.8 Å². The highest BCUT2D eigenvalue weighted by molar-refractivity contribution is 7.17. The number of aryl methyl sites for hydroxylation is 2. The first-order valence-corrected chi connectivity index (χ1v) is 10.0. The Kier molecular flexibility index (Phi) is 4.93. The van der Waals surface area contributed by atoms with E-state index in [1.54, 1.807) is 0 Å². The minimum absolute atomic E-state index is 0.0512. The summed E-state index contributed by atoms with van der Waals surface area (Å²) < 4.78 is 5.64. The fourth-order valence-electron chi connectivity index (χ4n) is 3.21. The molecular formula is C20H20ClN3O2S. The van der Waals surface area contributed by atoms with Gasteiger partial charge >= 0.3 is 0 Å². The summed E-state index contributed by atoms with van der Waals surface area (Å²) in [5.41, 5.74) is 1.89. The minimum atomic E-state index is 0.0512. The molecule has 3 heterocycles. The van der Waals surface area contributed by atoms with Crippen LogP contribution < -0.4 is 4.90 Å². The Balaban J connectivity index is 1.45. The first kappa shape index (κ1) is 18.1. The maximum atomic E-state index is 13.0. The number of piperazine rings is 1. The van der Waals surface area contributed by atoms with Crippen molar-refractivity contribution in [3.8, 4) is 10.8 Å². The quantitative estimate of drug-likeness (QED) is 0.641. The van der Waals surface area contributed by atoms with Crippen LogP contribution in [0.2, 0.25) is 5.02 Å². The second kappa shape index (κ2) is 7.37. The third kappa shape index (κ3) is 3.73. The van der Waals surface area contributed by atoms with Gasteiger partial charge in [-0.25, -0.2) is 4.98 Å². The Labute approximate surface area is 167 Å². The summed E-state index contributed by atoms with van der Waals surface area (Å²) in [4.78, 5) is 22.4. The summed E-state index contributed by atoms with van der Waals surface area (Å²) in [6.45, 7) is 6.76. The van der Waals surface area contributed by atoms with Crippen LogP contribution in [0.1, 0.15) is 21.1 Å². The molecule has 0 bridgehead atoms. The average Bonchev–Trinajstić information content (AvgIpc) is 3.28. The number of hydrogen-bond donors (Lipinski definition) is 0. The topological polar surface area (TPSA) is 49.6 Å². The number of carbonyl (C=O) groups is 1. The molecule has 1 aliphatic heterocycles. The number of thiazole rings is 1. The van der Waals surface area contributed by atoms with Gasteiger partial charge in [0.2, 0.25) is 0 Å². The van der Waals surface area contributed by atoms with Gasteiger partial charge in [-0.1, -0.05) is 11.6 Å². The van der Waals surface area contributed by atoms with Crippen LogP contribution in [0.3, 0.4) is 0 Å². The molecule has 4 rings (SSSR count). The van der Waals surface area contributed by atoms with E-state index in [0.717, 1.165) is 40.3 Å². The molecule has 0 radical (unpaired) electrons. The fraction of sp³-hybridized carbons (Fsp3) is 0.300. The number of carbonyl (C=O) groups excluding carboxylic acids is 1. The van der Waals surface area contributed by atoms with Crippen LogP contribution in [-0.4, -0.2) is 42.0 Å². The number of benzene rings is 1. The van der Waals surface area contributed by atoms with Gasteiger partial charge in [-0.2, -0.15) is 0 Å². The van der Waals surface area contributed by atoms with Crippen molar-refractivity contribution in [1.29, 1.82) is 0 Å². The number of rotatable bonds is 3. The Morgan fingerprint density at radius 1 is 1.07 bits per heavy atom. The van der Waals surface area contributed by atoms with Crippen molar-refractivity contribution in [2.75, 3.05) is 31.1 Å². The zero-order valence-electron chi connectivity index (χ0n) is 15.2. The molecule has 0 atom stereocenters. The van der Waals surface area contributed by atoms with Gasteiger partial charge in [0.15, 0.2) is 10.8 Å². The molecule has 0 N–H and O–H groups in total. The van der Waals surface area contributed by atoms with Crippen molar-refractivity contribution in [2.45, 2.75) is 13.8 Å². The van der Waals surface area contributed by atoms with E-state index in [1.807, 2.05) is 55.1 Å². The van der Waals surface area contributed by atoms with Crippen LogP contribution in [-0.2, 0) is 0 Å². The Morgan fingerprint density at radius 2 is 1.78 bits per heavy atom. The van der Waals surface area contributed by atoms with Gasteiger partial charge in [0, 0.05) is 36.9 Å². The van der Waals surface area contributed by atoms with Crippen LogP contribution in [0.5, 0.6) is 0 Å². The lowest BCUT2D eigenvalue weighted by Gasteiger charge is -2.36. The zero-order valence-corrected chi connectivity index (χ0v) is 16.8. The molecule has 1 saturated heterocycles. The second-order valence-electron chi connectivity index (χ2n) is 6.60. The smallest absolute Gasteiger partial charge is 0.265 e. The Hall–Kier alpha value is -2.31. The van der Waals surface area contributed by atoms with Crippen molar-refractivity contribution in [1.82, 2.24) is 9.88 Å². The van der Waals surface area contributed by atoms with E-state index in [9.17, 15) is 4.79 Å². The molecule has 27 heavy (non-hydrogen) atoms. The maximum absolute atomic E-state index is 13.0. The van der Waals surface area contributed by atoms with Crippen LogP contribution in [0.15, 0.2) is 40.8 Å². The Morgan fingerprint density at radius 3 is 2.41 bits per heavy atom. The summed E-state index contributed by atoms with van der Waals surface area (Å²) in [5.74, 6) is 1.60. The summed E-state index contributed by atoms with van der Waals surface area (Å²) in [6.07, 6.45) is 0. The molecule has 0 saturated carbocycles. The van der Waals surface area contributed by atoms with E-state index in [1.165, 1.54) is 11.3 Å². The van der Waals surface area contributed by atoms with Crippen LogP contribution >= 0.6 is 22.9 Å². The number of amides is 1. The molecule has 0 unspecified atom stereocenters. The molecule has 1 amide bonds. The predicted molar refractivity (Wildman–Crippen MR) is 109 cm³/mol. The monoisotopic (exact) mass is 401 g/mol. The molecule has 5 nitrogen and oxygen atoms in total. The molecule has 7 heteroatoms. The van der Waals surface area contributed by atoms with E-state index in [-0.39, 0.29) is 5.91 Å². The van der Waals surface area contributed by atoms with Gasteiger partial charge < -0.3 is 14.2 Å². The fourth-order valence-corrected chi connectivity index (χ4v) is 4.33. The van der Waals surface area contributed by atoms with E-state index in [0.29, 0.717) is 23.7 Å². The van der Waals surface area contributed by atoms with Gasteiger partial charge in [0.1, 0.15) is 10.6 Å². The Bertz CT molecular complexity index is 956. The van der Waals surface area contributed by atoms with Crippen LogP contribution in [0.25, 0.3) is 10.8 Å². The van der Waals surface area contributed by atoms with E-state index >= 15 is 0 Å². The van der Waals surface area contributed by atoms with Crippen LogP contribution in [0.4, 0.5) is 5.69 Å². The van der Waals surface area contributed by atoms with Crippen molar-refractivity contribution < 1.29 is 9.21 Å². The lowest BCUT2D eigenvalue weighted by atomic mass is 10.2. The molecular weight excluding hydrogens is 382 g/mol. The SMILES string of the molecule is Cc1ccc(-c2nc(C)c(C(=O)N3CCN(c4ccc(Cl)cc4)CC3)s2)o1. The van der Waals surface area contributed by atoms with Crippen molar-refractivity contribution >= 4 is 34.5 Å². The lowest BCUT2D eigenvalue weighted by molar-refractivity contribution is 0.0750. The number of aromatic nitrogens is 1. The molecule has 2 aromatic heterocycles. The summed E-state index contributed by atoms with van der Waals surface area (Å²) in [6, 6.07) is 11.6. The largest absolute Gasteiger partial charge is 0.459 e. The molecule has 1 aliphatic rings. The predicted octanol–water partition coefficient (Wildman–Crippen LogP) is 4.64. The number of halogens is 1. The highest BCUT2D eigenvalue weighted by atomic mass is 35.5. The molecule has 0 spiro atoms. The van der Waals surface area contributed by atoms with Crippen molar-refractivity contribution in [2.24, 2.45) is 0 Å². The summed E-state index contributed by atoms with van der Waals surface area (Å²) in [7, 11) is 0. The number of nitrogens with zero attached hydrogens (tertiary/aromatic N) is 3. The highest BCUT2D eigenvalue weighted by Crippen LogP contribution is 2.30. The van der Waals surface area contributed by atoms with Gasteiger partial charge in [0.25, 0.3) is 5.91 Å². The second-order valence-corrected chi connectivity index (χ2v) is 8.04. The van der Waals surface area contributed by atoms with Gasteiger partial charge in [-0.3, -0.25) is 4.79 Å². The van der Waals surface area contributed by atoms with Gasteiger partial charge in [-0.15, -0.1) is 11.3 Å². The molecule has 140 valence electrons. The standard InChI is InChI=1S/C20H20ClN3O2S/c1-13-3-8-17(26-13)19-22-14(2)18(27-19)20(25)24-11-9-23(10-12-24)16-6-4-15(21)5-7-16/h3-8H,9-12H2,1-2H3. The average molecular weight is 402 g/mol. The summed E-state index contributed by atoms with van der Waals surface area (Å²) >= 11 is 7.36. The molecule has 3 aromatic rings. The summed E-state index contributed by atoms with van der Waals surface area (Å²) in [5, 5.41) is 1.49. The van der Waals surface area contributed by atoms with Gasteiger partial charge in [0.05, 0.1) is 5.69 Å². The van der Waals surface area contributed by atoms with E-state index < -0.39 is 0 Å². The zero-order chi connectivity index (χ0) is 19.0. The molecule has 1 fully saturated rings. The third-order valence-corrected chi connectivity index (χ3v) is 6.11. The van der Waals surface area contributed by atoms with Crippen LogP contribution in [0, 0.1) is 13.8 Å². The number of anilines is 1. The molecule has 1 aromatic carbocycles. The normalized spacial score (nSPS) is 14.6. The molecule has 0 aliphatic carbocycles. The van der Waals surface area contributed by atoms with Crippen molar-refractivity contribution in [3.63, 3.8) is 0 Å². The number of furan rings is 1. The number of hydrogen-bond acceptors (Lipinski definition) is 5. The first-order chi connectivity index (χ1) is 13.0. The minimum Gasteiger partial charge on any atom is -0.459 e. The van der Waals surface area contributed by atoms with Gasteiger partial charge in [-0.05, 0) is 50.2 Å². The van der Waals surface area contributed by atoms with E-state index in [2.05, 4.69) is 9.88 Å². The van der Waals surface area contributed by atoms with E-state index in [4.69, 9.17) is 16.0 Å².